The molecule has 2 heterocycles. The molecule has 1 saturated heterocycles. The molecule has 2 aromatic rings. The van der Waals surface area contributed by atoms with Gasteiger partial charge in [-0.1, -0.05) is 18.2 Å². The van der Waals surface area contributed by atoms with Gasteiger partial charge >= 0.3 is 0 Å². The van der Waals surface area contributed by atoms with Crippen molar-refractivity contribution >= 4 is 21.6 Å². The molecular formula is C19H23N3O4S. The second kappa shape index (κ2) is 8.49. The van der Waals surface area contributed by atoms with Gasteiger partial charge in [0.2, 0.25) is 0 Å². The van der Waals surface area contributed by atoms with E-state index in [1.807, 2.05) is 12.1 Å². The number of nitrogens with zero attached hydrogens (tertiary/aromatic N) is 2. The van der Waals surface area contributed by atoms with Crippen LogP contribution in [0.2, 0.25) is 0 Å². The fourth-order valence-corrected chi connectivity index (χ4v) is 3.64. The second-order valence-electron chi connectivity index (χ2n) is 6.57. The molecule has 1 aliphatic rings. The van der Waals surface area contributed by atoms with E-state index >= 15 is 0 Å². The minimum atomic E-state index is -3.09. The van der Waals surface area contributed by atoms with Gasteiger partial charge in [0.15, 0.2) is 9.84 Å². The second-order valence-corrected chi connectivity index (χ2v) is 8.71. The third-order valence-electron chi connectivity index (χ3n) is 4.24. The maximum absolute atomic E-state index is 12.3. The molecule has 0 spiro atoms. The van der Waals surface area contributed by atoms with E-state index in [1.54, 1.807) is 30.5 Å². The van der Waals surface area contributed by atoms with E-state index in [0.717, 1.165) is 24.5 Å². The van der Waals surface area contributed by atoms with Crippen LogP contribution in [0.5, 0.6) is 0 Å². The van der Waals surface area contributed by atoms with Crippen LogP contribution in [0.25, 0.3) is 0 Å². The zero-order valence-corrected chi connectivity index (χ0v) is 16.0. The Balaban J connectivity index is 1.54. The average Bonchev–Trinajstić information content (AvgIpc) is 2.66. The molecule has 3 rings (SSSR count). The van der Waals surface area contributed by atoms with Gasteiger partial charge in [0, 0.05) is 37.7 Å². The van der Waals surface area contributed by atoms with Crippen molar-refractivity contribution in [3.63, 3.8) is 0 Å². The number of nitrogens with one attached hydrogen (secondary N) is 1. The molecule has 1 aliphatic heterocycles. The van der Waals surface area contributed by atoms with Crippen LogP contribution in [0, 0.1) is 0 Å². The Labute approximate surface area is 159 Å². The van der Waals surface area contributed by atoms with E-state index in [9.17, 15) is 13.2 Å². The summed E-state index contributed by atoms with van der Waals surface area (Å²) in [6.07, 6.45) is 2.95. The summed E-state index contributed by atoms with van der Waals surface area (Å²) in [5, 5.41) is 2.85. The van der Waals surface area contributed by atoms with E-state index < -0.39 is 9.84 Å². The van der Waals surface area contributed by atoms with E-state index in [-0.39, 0.29) is 11.7 Å². The Morgan fingerprint density at radius 3 is 2.37 bits per heavy atom. The Morgan fingerprint density at radius 1 is 1.11 bits per heavy atom. The number of hydrogen-bond donors (Lipinski definition) is 1. The number of hydrogen-bond acceptors (Lipinski definition) is 6. The first-order valence-corrected chi connectivity index (χ1v) is 10.8. The maximum Gasteiger partial charge on any atom is 0.251 e. The minimum absolute atomic E-state index is 0.0317. The lowest BCUT2D eigenvalue weighted by Crippen LogP contribution is -2.36. The SMILES string of the molecule is CS(=O)(=O)Cc1ccc(C(=O)NCc2ccc(N3CCOCC3)nc2)cc1. The summed E-state index contributed by atoms with van der Waals surface area (Å²) >= 11 is 0. The Morgan fingerprint density at radius 2 is 1.78 bits per heavy atom. The van der Waals surface area contributed by atoms with E-state index in [0.29, 0.717) is 30.9 Å². The molecule has 0 saturated carbocycles. The van der Waals surface area contributed by atoms with Gasteiger partial charge in [-0.05, 0) is 29.3 Å². The molecule has 1 amide bonds. The molecule has 0 unspecified atom stereocenters. The van der Waals surface area contributed by atoms with Crippen molar-refractivity contribution in [3.05, 3.63) is 59.3 Å². The number of sulfone groups is 1. The number of carbonyl (C=O) groups excluding carboxylic acids is 1. The predicted molar refractivity (Wildman–Crippen MR) is 103 cm³/mol. The molecule has 1 N–H and O–H groups in total. The van der Waals surface area contributed by atoms with Crippen molar-refractivity contribution in [3.8, 4) is 0 Å². The fraction of sp³-hybridized carbons (Fsp3) is 0.368. The van der Waals surface area contributed by atoms with Gasteiger partial charge in [0.25, 0.3) is 5.91 Å². The third kappa shape index (κ3) is 5.77. The maximum atomic E-state index is 12.3. The predicted octanol–water partition coefficient (Wildman–Crippen LogP) is 1.39. The standard InChI is InChI=1S/C19H23N3O4S/c1-27(24,25)14-15-2-5-17(6-3-15)19(23)21-13-16-4-7-18(20-12-16)22-8-10-26-11-9-22/h2-7,12H,8-11,13-14H2,1H3,(H,21,23). The summed E-state index contributed by atoms with van der Waals surface area (Å²) < 4.78 is 28.0. The number of ether oxygens (including phenoxy) is 1. The highest BCUT2D eigenvalue weighted by atomic mass is 32.2. The van der Waals surface area contributed by atoms with Gasteiger partial charge < -0.3 is 15.0 Å². The number of morpholine rings is 1. The molecule has 0 aliphatic carbocycles. The van der Waals surface area contributed by atoms with Crippen LogP contribution in [-0.2, 0) is 26.9 Å². The first-order valence-electron chi connectivity index (χ1n) is 8.73. The number of amides is 1. The topological polar surface area (TPSA) is 88.6 Å². The average molecular weight is 389 g/mol. The number of carbonyl (C=O) groups is 1. The van der Waals surface area contributed by atoms with Crippen LogP contribution in [0.15, 0.2) is 42.6 Å². The summed E-state index contributed by atoms with van der Waals surface area (Å²) in [4.78, 5) is 18.9. The van der Waals surface area contributed by atoms with Crippen molar-refractivity contribution < 1.29 is 17.9 Å². The van der Waals surface area contributed by atoms with Gasteiger partial charge in [-0.2, -0.15) is 0 Å². The largest absolute Gasteiger partial charge is 0.378 e. The van der Waals surface area contributed by atoms with Crippen LogP contribution >= 0.6 is 0 Å². The smallest absolute Gasteiger partial charge is 0.251 e. The van der Waals surface area contributed by atoms with Crippen LogP contribution in [0.1, 0.15) is 21.5 Å². The summed E-state index contributed by atoms with van der Waals surface area (Å²) in [6.45, 7) is 3.46. The third-order valence-corrected chi connectivity index (χ3v) is 5.10. The highest BCUT2D eigenvalue weighted by molar-refractivity contribution is 7.89. The molecule has 8 heteroatoms. The molecule has 0 radical (unpaired) electrons. The van der Waals surface area contributed by atoms with Crippen molar-refractivity contribution in [2.45, 2.75) is 12.3 Å². The van der Waals surface area contributed by atoms with Crippen molar-refractivity contribution in [2.24, 2.45) is 0 Å². The number of pyridine rings is 1. The number of rotatable bonds is 6. The minimum Gasteiger partial charge on any atom is -0.378 e. The van der Waals surface area contributed by atoms with Gasteiger partial charge in [-0.15, -0.1) is 0 Å². The lowest BCUT2D eigenvalue weighted by atomic mass is 10.1. The zero-order valence-electron chi connectivity index (χ0n) is 15.2. The van der Waals surface area contributed by atoms with E-state index in [1.165, 1.54) is 6.26 Å². The zero-order chi connectivity index (χ0) is 19.3. The molecule has 1 aromatic carbocycles. The Bertz CT molecular complexity index is 874. The van der Waals surface area contributed by atoms with Crippen LogP contribution in [0.4, 0.5) is 5.82 Å². The normalized spacial score (nSPS) is 14.8. The Kier molecular flexibility index (Phi) is 6.08. The summed E-state index contributed by atoms with van der Waals surface area (Å²) in [6, 6.07) is 10.5. The van der Waals surface area contributed by atoms with E-state index in [2.05, 4.69) is 15.2 Å². The molecule has 1 fully saturated rings. The Hall–Kier alpha value is -2.45. The summed E-state index contributed by atoms with van der Waals surface area (Å²) in [5.41, 5.74) is 2.07. The van der Waals surface area contributed by atoms with Crippen molar-refractivity contribution in [1.29, 1.82) is 0 Å². The van der Waals surface area contributed by atoms with Gasteiger partial charge in [0.1, 0.15) is 5.82 Å². The first kappa shape index (κ1) is 19.3. The van der Waals surface area contributed by atoms with Gasteiger partial charge in [0.05, 0.1) is 19.0 Å². The molecular weight excluding hydrogens is 366 g/mol. The first-order chi connectivity index (χ1) is 12.9. The fourth-order valence-electron chi connectivity index (χ4n) is 2.84. The number of anilines is 1. The quantitative estimate of drug-likeness (QED) is 0.803. The molecule has 27 heavy (non-hydrogen) atoms. The van der Waals surface area contributed by atoms with Crippen LogP contribution in [-0.4, -0.2) is 51.9 Å². The van der Waals surface area contributed by atoms with Crippen LogP contribution < -0.4 is 10.2 Å². The van der Waals surface area contributed by atoms with Crippen molar-refractivity contribution in [1.82, 2.24) is 10.3 Å². The number of benzene rings is 1. The lowest BCUT2D eigenvalue weighted by molar-refractivity contribution is 0.0951. The number of aromatic nitrogens is 1. The molecule has 7 nitrogen and oxygen atoms in total. The highest BCUT2D eigenvalue weighted by Crippen LogP contribution is 2.13. The van der Waals surface area contributed by atoms with Crippen molar-refractivity contribution in [2.75, 3.05) is 37.5 Å². The summed E-state index contributed by atoms with van der Waals surface area (Å²) in [5.74, 6) is 0.670. The van der Waals surface area contributed by atoms with Gasteiger partial charge in [-0.3, -0.25) is 4.79 Å². The van der Waals surface area contributed by atoms with Crippen LogP contribution in [0.3, 0.4) is 0 Å². The summed E-state index contributed by atoms with van der Waals surface area (Å²) in [7, 11) is -3.09. The molecule has 1 aromatic heterocycles. The van der Waals surface area contributed by atoms with Gasteiger partial charge in [-0.25, -0.2) is 13.4 Å². The molecule has 0 atom stereocenters. The van der Waals surface area contributed by atoms with E-state index in [4.69, 9.17) is 4.74 Å². The molecule has 144 valence electrons. The monoisotopic (exact) mass is 389 g/mol. The molecule has 0 bridgehead atoms. The highest BCUT2D eigenvalue weighted by Gasteiger charge is 2.12. The lowest BCUT2D eigenvalue weighted by Gasteiger charge is -2.27.